The average Bonchev–Trinajstić information content (AvgIpc) is 1.63. The number of carbonyl (C=O) groups is 2. The first-order valence-electron chi connectivity index (χ1n) is 2.16. The van der Waals surface area contributed by atoms with E-state index in [-0.39, 0.29) is 22.4 Å². The molecule has 0 rings (SSSR count). The van der Waals surface area contributed by atoms with Crippen molar-refractivity contribution in [2.75, 3.05) is 0 Å². The van der Waals surface area contributed by atoms with Crippen molar-refractivity contribution in [2.45, 2.75) is 12.5 Å². The minimum absolute atomic E-state index is 0. The van der Waals surface area contributed by atoms with Crippen LogP contribution < -0.4 is 0 Å². The van der Waals surface area contributed by atoms with E-state index in [1.807, 2.05) is 0 Å². The van der Waals surface area contributed by atoms with Crippen LogP contribution in [0, 0.1) is 0 Å². The number of aliphatic hydroxyl groups excluding tert-OH is 1. The second kappa shape index (κ2) is 5.43. The number of aliphatic carboxylic acids is 2. The molecule has 0 amide bonds. The molecule has 1 unspecified atom stereocenters. The first-order chi connectivity index (χ1) is 4.04. The third-order valence-electron chi connectivity index (χ3n) is 0.653. The van der Waals surface area contributed by atoms with Crippen LogP contribution in [0.15, 0.2) is 0 Å². The van der Waals surface area contributed by atoms with E-state index in [1.165, 1.54) is 0 Å². The number of hydrogen-bond donors (Lipinski definition) is 3. The van der Waals surface area contributed by atoms with Crippen LogP contribution in [0.5, 0.6) is 0 Å². The van der Waals surface area contributed by atoms with E-state index in [4.69, 9.17) is 15.3 Å². The fourth-order valence-corrected chi connectivity index (χ4v) is 0.253. The standard InChI is InChI=1S/C4H6O5.Ag/c5-2(4(8)9)1-3(6)7;/h2,5H,1H2,(H,6,7)(H,8,9);. The summed E-state index contributed by atoms with van der Waals surface area (Å²) in [5.41, 5.74) is 0. The second-order valence-electron chi connectivity index (χ2n) is 1.45. The molecule has 0 aromatic heterocycles. The zero-order valence-electron chi connectivity index (χ0n) is 4.74. The minimum Gasteiger partial charge on any atom is -0.481 e. The minimum atomic E-state index is -1.79. The van der Waals surface area contributed by atoms with Crippen LogP contribution in [0.4, 0.5) is 0 Å². The summed E-state index contributed by atoms with van der Waals surface area (Å²) in [7, 11) is 0. The van der Waals surface area contributed by atoms with Crippen molar-refractivity contribution in [1.82, 2.24) is 0 Å². The van der Waals surface area contributed by atoms with E-state index in [2.05, 4.69) is 0 Å². The summed E-state index contributed by atoms with van der Waals surface area (Å²) < 4.78 is 0. The molecule has 0 aliphatic heterocycles. The molecule has 5 nitrogen and oxygen atoms in total. The third kappa shape index (κ3) is 5.77. The Morgan fingerprint density at radius 1 is 1.30 bits per heavy atom. The molecule has 3 N–H and O–H groups in total. The molecule has 0 bridgehead atoms. The Morgan fingerprint density at radius 3 is 1.80 bits per heavy atom. The monoisotopic (exact) mass is 241 g/mol. The van der Waals surface area contributed by atoms with E-state index in [0.29, 0.717) is 0 Å². The van der Waals surface area contributed by atoms with Gasteiger partial charge in [-0.1, -0.05) is 0 Å². The summed E-state index contributed by atoms with van der Waals surface area (Å²) in [5.74, 6) is -2.85. The van der Waals surface area contributed by atoms with Crippen molar-refractivity contribution in [3.63, 3.8) is 0 Å². The Hall–Kier alpha value is -0.360. The summed E-state index contributed by atoms with van der Waals surface area (Å²) in [6.07, 6.45) is -2.54. The fraction of sp³-hybridized carbons (Fsp3) is 0.500. The molecule has 1 atom stereocenters. The maximum Gasteiger partial charge on any atom is 0.333 e. The van der Waals surface area contributed by atoms with Crippen LogP contribution in [0.25, 0.3) is 0 Å². The Morgan fingerprint density at radius 2 is 1.70 bits per heavy atom. The third-order valence-corrected chi connectivity index (χ3v) is 0.653. The topological polar surface area (TPSA) is 94.8 Å². The predicted molar refractivity (Wildman–Crippen MR) is 25.9 cm³/mol. The fourth-order valence-electron chi connectivity index (χ4n) is 0.253. The number of carboxylic acid groups (broad SMARTS) is 2. The van der Waals surface area contributed by atoms with E-state index < -0.39 is 24.5 Å². The van der Waals surface area contributed by atoms with Crippen LogP contribution in [0.1, 0.15) is 6.42 Å². The van der Waals surface area contributed by atoms with Gasteiger partial charge in [-0.3, -0.25) is 4.79 Å². The Bertz CT molecular complexity index is 134. The SMILES string of the molecule is O=C(O)CC(O)C(=O)O.[Ag]. The van der Waals surface area contributed by atoms with E-state index in [1.54, 1.807) is 0 Å². The molecular formula is C4H6AgO5. The van der Waals surface area contributed by atoms with Crippen molar-refractivity contribution in [1.29, 1.82) is 0 Å². The van der Waals surface area contributed by atoms with Gasteiger partial charge < -0.3 is 15.3 Å². The molecule has 0 aliphatic rings. The van der Waals surface area contributed by atoms with Gasteiger partial charge in [-0.2, -0.15) is 0 Å². The molecule has 0 saturated carbocycles. The number of hydrogen-bond acceptors (Lipinski definition) is 3. The molecule has 0 saturated heterocycles. The number of carboxylic acids is 2. The van der Waals surface area contributed by atoms with Crippen LogP contribution in [-0.4, -0.2) is 33.4 Å². The van der Waals surface area contributed by atoms with Crippen LogP contribution in [0.3, 0.4) is 0 Å². The van der Waals surface area contributed by atoms with Crippen molar-refractivity contribution in [3.05, 3.63) is 0 Å². The first-order valence-corrected chi connectivity index (χ1v) is 2.16. The zero-order valence-corrected chi connectivity index (χ0v) is 6.23. The number of rotatable bonds is 3. The molecule has 1 radical (unpaired) electrons. The maximum atomic E-state index is 9.72. The van der Waals surface area contributed by atoms with Gasteiger partial charge in [0, 0.05) is 22.4 Å². The molecule has 0 fully saturated rings. The molecule has 0 aliphatic carbocycles. The van der Waals surface area contributed by atoms with Crippen LogP contribution in [0.2, 0.25) is 0 Å². The smallest absolute Gasteiger partial charge is 0.333 e. The average molecular weight is 242 g/mol. The van der Waals surface area contributed by atoms with Gasteiger partial charge in [-0.15, -0.1) is 0 Å². The molecule has 0 aromatic carbocycles. The van der Waals surface area contributed by atoms with Gasteiger partial charge in [0.1, 0.15) is 0 Å². The molecule has 0 aromatic rings. The Kier molecular flexibility index (Phi) is 6.69. The summed E-state index contributed by atoms with van der Waals surface area (Å²) in [4.78, 5) is 19.4. The maximum absolute atomic E-state index is 9.72. The van der Waals surface area contributed by atoms with Gasteiger partial charge >= 0.3 is 11.9 Å². The van der Waals surface area contributed by atoms with E-state index in [9.17, 15) is 9.59 Å². The normalized spacial score (nSPS) is 11.3. The largest absolute Gasteiger partial charge is 0.481 e. The van der Waals surface area contributed by atoms with Gasteiger partial charge in [0.05, 0.1) is 6.42 Å². The zero-order chi connectivity index (χ0) is 7.44. The molecule has 10 heavy (non-hydrogen) atoms. The first kappa shape index (κ1) is 12.3. The van der Waals surface area contributed by atoms with E-state index in [0.717, 1.165) is 0 Å². The van der Waals surface area contributed by atoms with E-state index >= 15 is 0 Å². The van der Waals surface area contributed by atoms with Crippen molar-refractivity contribution in [2.24, 2.45) is 0 Å². The molecule has 6 heteroatoms. The molecule has 0 heterocycles. The summed E-state index contributed by atoms with van der Waals surface area (Å²) >= 11 is 0. The molecule has 63 valence electrons. The van der Waals surface area contributed by atoms with Gasteiger partial charge in [0.25, 0.3) is 0 Å². The van der Waals surface area contributed by atoms with Gasteiger partial charge in [-0.25, -0.2) is 4.79 Å². The Balaban J connectivity index is 0. The van der Waals surface area contributed by atoms with Crippen molar-refractivity contribution < 1.29 is 47.3 Å². The van der Waals surface area contributed by atoms with Crippen molar-refractivity contribution >= 4 is 11.9 Å². The summed E-state index contributed by atoms with van der Waals surface area (Å²) in [5, 5.41) is 24.1. The van der Waals surface area contributed by atoms with Crippen molar-refractivity contribution in [3.8, 4) is 0 Å². The summed E-state index contributed by atoms with van der Waals surface area (Å²) in [6.45, 7) is 0. The second-order valence-corrected chi connectivity index (χ2v) is 1.45. The van der Waals surface area contributed by atoms with Crippen LogP contribution >= 0.6 is 0 Å². The van der Waals surface area contributed by atoms with Gasteiger partial charge in [-0.05, 0) is 0 Å². The van der Waals surface area contributed by atoms with Crippen LogP contribution in [-0.2, 0) is 32.0 Å². The summed E-state index contributed by atoms with van der Waals surface area (Å²) in [6, 6.07) is 0. The molecule has 0 spiro atoms. The predicted octanol–water partition coefficient (Wildman–Crippen LogP) is -1.10. The van der Waals surface area contributed by atoms with Gasteiger partial charge in [0.15, 0.2) is 6.10 Å². The van der Waals surface area contributed by atoms with Gasteiger partial charge in [0.2, 0.25) is 0 Å². The number of aliphatic hydroxyl groups is 1. The quantitative estimate of drug-likeness (QED) is 0.546. The Labute approximate surface area is 72.2 Å². The molecular weight excluding hydrogens is 236 g/mol.